The van der Waals surface area contributed by atoms with Gasteiger partial charge in [0.25, 0.3) is 5.91 Å². The average Bonchev–Trinajstić information content (AvgIpc) is 3.78. The van der Waals surface area contributed by atoms with Crippen LogP contribution in [0.1, 0.15) is 84.1 Å². The Hall–Kier alpha value is -3.92. The van der Waals surface area contributed by atoms with E-state index in [0.29, 0.717) is 49.2 Å². The van der Waals surface area contributed by atoms with Gasteiger partial charge in [-0.15, -0.1) is 0 Å². The van der Waals surface area contributed by atoms with Crippen molar-refractivity contribution in [3.8, 4) is 0 Å². The fourth-order valence-electron chi connectivity index (χ4n) is 7.83. The molecule has 3 aliphatic rings. The Bertz CT molecular complexity index is 1600. The highest BCUT2D eigenvalue weighted by Crippen LogP contribution is 2.40. The van der Waals surface area contributed by atoms with Gasteiger partial charge in [-0.05, 0) is 98.9 Å². The van der Waals surface area contributed by atoms with Crippen LogP contribution < -0.4 is 10.2 Å². The number of carbonyl (C=O) groups is 2. The summed E-state index contributed by atoms with van der Waals surface area (Å²) in [6, 6.07) is 15.6. The molecule has 3 heterocycles. The summed E-state index contributed by atoms with van der Waals surface area (Å²) >= 11 is 0. The Morgan fingerprint density at radius 3 is 2.31 bits per heavy atom. The monoisotopic (exact) mass is 664 g/mol. The molecule has 48 heavy (non-hydrogen) atoms. The van der Waals surface area contributed by atoms with Crippen molar-refractivity contribution in [3.05, 3.63) is 94.3 Å². The molecule has 256 valence electrons. The minimum Gasteiger partial charge on any atom is -0.371 e. The van der Waals surface area contributed by atoms with Crippen molar-refractivity contribution < 1.29 is 27.2 Å². The maximum atomic E-state index is 15.1. The molecule has 3 aromatic rings. The normalized spacial score (nSPS) is 21.9. The van der Waals surface area contributed by atoms with Crippen molar-refractivity contribution in [2.75, 3.05) is 36.4 Å². The third kappa shape index (κ3) is 7.09. The van der Waals surface area contributed by atoms with Gasteiger partial charge in [0.05, 0.1) is 17.5 Å². The molecule has 6 rings (SSSR count). The molecule has 6 nitrogen and oxygen atoms in total. The van der Waals surface area contributed by atoms with Crippen molar-refractivity contribution in [2.24, 2.45) is 5.92 Å². The molecular formula is C38H44F4N4O2. The molecule has 0 saturated carbocycles. The number of aryl methyl sites for hydroxylation is 2. The van der Waals surface area contributed by atoms with Gasteiger partial charge in [0.2, 0.25) is 5.91 Å². The minimum absolute atomic E-state index is 0.0159. The molecule has 3 fully saturated rings. The van der Waals surface area contributed by atoms with Gasteiger partial charge < -0.3 is 15.1 Å². The highest BCUT2D eigenvalue weighted by molar-refractivity contribution is 5.98. The smallest absolute Gasteiger partial charge is 0.371 e. The summed E-state index contributed by atoms with van der Waals surface area (Å²) in [5, 5.41) is 3.14. The Labute approximate surface area is 280 Å². The van der Waals surface area contributed by atoms with E-state index in [9.17, 15) is 22.8 Å². The van der Waals surface area contributed by atoms with E-state index in [1.54, 1.807) is 48.2 Å². The summed E-state index contributed by atoms with van der Waals surface area (Å²) in [4.78, 5) is 33.6. The van der Waals surface area contributed by atoms with Gasteiger partial charge in [-0.2, -0.15) is 13.2 Å². The maximum Gasteiger partial charge on any atom is 0.404 e. The summed E-state index contributed by atoms with van der Waals surface area (Å²) in [5.41, 5.74) is 4.94. The topological polar surface area (TPSA) is 55.9 Å². The van der Waals surface area contributed by atoms with Crippen LogP contribution in [0.4, 0.5) is 28.9 Å². The van der Waals surface area contributed by atoms with E-state index in [-0.39, 0.29) is 24.4 Å². The third-order valence-electron chi connectivity index (χ3n) is 10.3. The molecule has 0 aliphatic carbocycles. The molecule has 3 saturated heterocycles. The lowest BCUT2D eigenvalue weighted by Gasteiger charge is -2.41. The molecule has 1 unspecified atom stereocenters. The molecule has 3 aliphatic heterocycles. The van der Waals surface area contributed by atoms with Crippen LogP contribution in [0.2, 0.25) is 0 Å². The first-order valence-electron chi connectivity index (χ1n) is 17.2. The molecule has 0 spiro atoms. The Morgan fingerprint density at radius 2 is 1.62 bits per heavy atom. The predicted octanol–water partition coefficient (Wildman–Crippen LogP) is 8.06. The van der Waals surface area contributed by atoms with Crippen LogP contribution in [-0.4, -0.2) is 60.0 Å². The van der Waals surface area contributed by atoms with Crippen LogP contribution in [0.3, 0.4) is 0 Å². The molecule has 0 radical (unpaired) electrons. The lowest BCUT2D eigenvalue weighted by atomic mass is 9.83. The Kier molecular flexibility index (Phi) is 10.1. The van der Waals surface area contributed by atoms with Gasteiger partial charge in [0.15, 0.2) is 0 Å². The number of piperidine rings is 1. The van der Waals surface area contributed by atoms with Crippen molar-refractivity contribution in [3.63, 3.8) is 0 Å². The lowest BCUT2D eigenvalue weighted by Crippen LogP contribution is -2.46. The number of amides is 2. The molecule has 3 aromatic carbocycles. The second-order valence-electron chi connectivity index (χ2n) is 13.4. The van der Waals surface area contributed by atoms with Crippen molar-refractivity contribution in [1.29, 1.82) is 0 Å². The average molecular weight is 665 g/mol. The molecule has 10 heteroatoms. The van der Waals surface area contributed by atoms with Crippen molar-refractivity contribution in [2.45, 2.75) is 83.6 Å². The first-order valence-corrected chi connectivity index (χ1v) is 17.2. The molecule has 2 amide bonds. The van der Waals surface area contributed by atoms with E-state index < -0.39 is 35.9 Å². The molecule has 0 aromatic heterocycles. The number of benzene rings is 3. The number of hydrogen-bond acceptors (Lipinski definition) is 4. The third-order valence-corrected chi connectivity index (χ3v) is 10.3. The Morgan fingerprint density at radius 1 is 0.896 bits per heavy atom. The number of carbonyl (C=O) groups excluding carboxylic acids is 2. The van der Waals surface area contributed by atoms with Gasteiger partial charge >= 0.3 is 6.18 Å². The van der Waals surface area contributed by atoms with E-state index in [2.05, 4.69) is 23.2 Å². The van der Waals surface area contributed by atoms with E-state index >= 15 is 4.39 Å². The number of anilines is 2. The van der Waals surface area contributed by atoms with Crippen LogP contribution >= 0.6 is 0 Å². The standard InChI is InChI=1S/C38H44F4N4O2/c1-3-27-17-18-29(23-32(27)44-19-4-5-20-44)43-36(47)30-10-7-22-46(37(48)34-25(2)9-6-11-31(34)39)35(30)28-15-13-26(14-16-28)24-45-21-8-12-33(45)38(40,41)42/h6,9,11,13-18,23,30,33,35H,3-5,7-8,10,12,19-22,24H2,1-2H3,(H,43,47)/t30-,33?,35-/m0/s1. The lowest BCUT2D eigenvalue weighted by molar-refractivity contribution is -0.177. The highest BCUT2D eigenvalue weighted by atomic mass is 19.4. The van der Waals surface area contributed by atoms with Crippen LogP contribution in [0.15, 0.2) is 60.7 Å². The first-order chi connectivity index (χ1) is 23.0. The molecule has 1 N–H and O–H groups in total. The molecule has 3 atom stereocenters. The second kappa shape index (κ2) is 14.3. The molecule has 0 bridgehead atoms. The van der Waals surface area contributed by atoms with E-state index in [0.717, 1.165) is 43.6 Å². The molecular weight excluding hydrogens is 620 g/mol. The number of hydrogen-bond donors (Lipinski definition) is 1. The van der Waals surface area contributed by atoms with Crippen LogP contribution in [0, 0.1) is 18.7 Å². The quantitative estimate of drug-likeness (QED) is 0.248. The maximum absolute atomic E-state index is 15.1. The second-order valence-corrected chi connectivity index (χ2v) is 13.4. The predicted molar refractivity (Wildman–Crippen MR) is 179 cm³/mol. The van der Waals surface area contributed by atoms with Gasteiger partial charge in [0, 0.05) is 37.6 Å². The van der Waals surface area contributed by atoms with Crippen LogP contribution in [0.25, 0.3) is 0 Å². The van der Waals surface area contributed by atoms with Crippen molar-refractivity contribution in [1.82, 2.24) is 9.80 Å². The van der Waals surface area contributed by atoms with Crippen molar-refractivity contribution >= 4 is 23.2 Å². The summed E-state index contributed by atoms with van der Waals surface area (Å²) in [7, 11) is 0. The summed E-state index contributed by atoms with van der Waals surface area (Å²) in [6.45, 7) is 6.64. The number of rotatable bonds is 8. The Balaban J connectivity index is 1.30. The highest BCUT2D eigenvalue weighted by Gasteiger charge is 2.46. The zero-order chi connectivity index (χ0) is 34.0. The fourth-order valence-corrected chi connectivity index (χ4v) is 7.83. The fraction of sp³-hybridized carbons (Fsp3) is 0.474. The van der Waals surface area contributed by atoms with E-state index in [4.69, 9.17) is 0 Å². The van der Waals surface area contributed by atoms with Gasteiger partial charge in [-0.25, -0.2) is 4.39 Å². The first kappa shape index (κ1) is 34.0. The summed E-state index contributed by atoms with van der Waals surface area (Å²) < 4.78 is 55.9. The SMILES string of the molecule is CCc1ccc(NC(=O)[C@H]2CCCN(C(=O)c3c(C)cccc3F)[C@H]2c2ccc(CN3CCCC3C(F)(F)F)cc2)cc1N1CCCC1. The van der Waals surface area contributed by atoms with Gasteiger partial charge in [0.1, 0.15) is 11.9 Å². The largest absolute Gasteiger partial charge is 0.404 e. The summed E-state index contributed by atoms with van der Waals surface area (Å²) in [5.74, 6) is -1.95. The zero-order valence-electron chi connectivity index (χ0n) is 27.7. The number of alkyl halides is 3. The number of nitrogens with one attached hydrogen (secondary N) is 1. The number of likely N-dealkylation sites (tertiary alicyclic amines) is 2. The minimum atomic E-state index is -4.28. The van der Waals surface area contributed by atoms with Gasteiger partial charge in [-0.3, -0.25) is 14.5 Å². The summed E-state index contributed by atoms with van der Waals surface area (Å²) in [6.07, 6.45) is 0.531. The van der Waals surface area contributed by atoms with Crippen LogP contribution in [-0.2, 0) is 17.8 Å². The van der Waals surface area contributed by atoms with E-state index in [1.807, 2.05) is 12.1 Å². The van der Waals surface area contributed by atoms with Crippen LogP contribution in [0.5, 0.6) is 0 Å². The number of nitrogens with zero attached hydrogens (tertiary/aromatic N) is 3. The number of halogens is 4. The zero-order valence-corrected chi connectivity index (χ0v) is 27.7. The van der Waals surface area contributed by atoms with Gasteiger partial charge in [-0.1, -0.05) is 49.4 Å². The van der Waals surface area contributed by atoms with E-state index in [1.165, 1.54) is 16.5 Å².